The highest BCUT2D eigenvalue weighted by atomic mass is 16.5. The van der Waals surface area contributed by atoms with Gasteiger partial charge in [0.05, 0.1) is 12.8 Å². The van der Waals surface area contributed by atoms with Crippen LogP contribution in [0, 0.1) is 20.8 Å². The molecule has 24 heavy (non-hydrogen) atoms. The van der Waals surface area contributed by atoms with Crippen molar-refractivity contribution in [3.63, 3.8) is 0 Å². The van der Waals surface area contributed by atoms with Crippen molar-refractivity contribution in [2.24, 2.45) is 0 Å². The average Bonchev–Trinajstić information content (AvgIpc) is 2.83. The van der Waals surface area contributed by atoms with Gasteiger partial charge in [-0.05, 0) is 56.4 Å². The van der Waals surface area contributed by atoms with Gasteiger partial charge in [0.15, 0.2) is 0 Å². The molecule has 1 fully saturated rings. The first kappa shape index (κ1) is 15.6. The molecule has 3 heterocycles. The first-order chi connectivity index (χ1) is 11.6. The molecule has 4 nitrogen and oxygen atoms in total. The van der Waals surface area contributed by atoms with Gasteiger partial charge in [0.1, 0.15) is 11.6 Å². The lowest BCUT2D eigenvalue weighted by Gasteiger charge is -2.36. The Hall–Kier alpha value is -1.94. The number of aryl methyl sites for hydroxylation is 3. The first-order valence-corrected chi connectivity index (χ1v) is 8.79. The minimum Gasteiger partial charge on any atom is -0.496 e. The Bertz CT molecular complexity index is 787. The Kier molecular flexibility index (Phi) is 3.80. The first-order valence-electron chi connectivity index (χ1n) is 8.79. The third-order valence-electron chi connectivity index (χ3n) is 5.66. The van der Waals surface area contributed by atoms with E-state index in [4.69, 9.17) is 9.72 Å². The molecular weight excluding hydrogens is 298 g/mol. The monoisotopic (exact) mass is 323 g/mol. The standard InChI is InChI=1S/C20H25N3O/c1-12-8-20(24-4)13(2)7-15(12)11-23-16-5-6-19(23)17-10-21-14(3)22-18(17)9-16/h7-8,10,16,19H,5-6,9,11H2,1-4H3. The van der Waals surface area contributed by atoms with Crippen LogP contribution in [-0.4, -0.2) is 28.0 Å². The number of ether oxygens (including phenoxy) is 1. The summed E-state index contributed by atoms with van der Waals surface area (Å²) in [6.45, 7) is 7.29. The predicted molar refractivity (Wildman–Crippen MR) is 94.2 cm³/mol. The molecule has 0 amide bonds. The number of benzene rings is 1. The van der Waals surface area contributed by atoms with Crippen molar-refractivity contribution in [2.45, 2.75) is 58.7 Å². The SMILES string of the molecule is COc1cc(C)c(CN2C3CCC2c2cnc(C)nc2C3)cc1C. The smallest absolute Gasteiger partial charge is 0.125 e. The fraction of sp³-hybridized carbons (Fsp3) is 0.500. The molecule has 2 aromatic rings. The van der Waals surface area contributed by atoms with Gasteiger partial charge in [-0.2, -0.15) is 0 Å². The Morgan fingerprint density at radius 2 is 2.00 bits per heavy atom. The molecule has 2 unspecified atom stereocenters. The maximum Gasteiger partial charge on any atom is 0.125 e. The number of methoxy groups -OCH3 is 1. The minimum absolute atomic E-state index is 0.473. The molecule has 0 saturated carbocycles. The Labute approximate surface area is 143 Å². The van der Waals surface area contributed by atoms with Gasteiger partial charge >= 0.3 is 0 Å². The molecule has 2 bridgehead atoms. The van der Waals surface area contributed by atoms with Gasteiger partial charge in [0.25, 0.3) is 0 Å². The second kappa shape index (κ2) is 5.85. The molecule has 0 aliphatic carbocycles. The van der Waals surface area contributed by atoms with Crippen molar-refractivity contribution in [1.29, 1.82) is 0 Å². The highest BCUT2D eigenvalue weighted by Gasteiger charge is 2.40. The molecular formula is C20H25N3O. The lowest BCUT2D eigenvalue weighted by molar-refractivity contribution is 0.165. The largest absolute Gasteiger partial charge is 0.496 e. The number of hydrogen-bond acceptors (Lipinski definition) is 4. The Balaban J connectivity index is 1.65. The summed E-state index contributed by atoms with van der Waals surface area (Å²) in [5, 5.41) is 0. The van der Waals surface area contributed by atoms with Gasteiger partial charge < -0.3 is 4.74 Å². The molecule has 1 aromatic carbocycles. The molecule has 2 aliphatic rings. The fourth-order valence-corrected chi connectivity index (χ4v) is 4.36. The van der Waals surface area contributed by atoms with E-state index in [0.29, 0.717) is 12.1 Å². The highest BCUT2D eigenvalue weighted by molar-refractivity contribution is 5.42. The van der Waals surface area contributed by atoms with Crippen molar-refractivity contribution >= 4 is 0 Å². The van der Waals surface area contributed by atoms with Crippen LogP contribution in [0.1, 0.15) is 52.7 Å². The van der Waals surface area contributed by atoms with E-state index in [-0.39, 0.29) is 0 Å². The topological polar surface area (TPSA) is 38.2 Å². The van der Waals surface area contributed by atoms with Gasteiger partial charge in [-0.25, -0.2) is 9.97 Å². The van der Waals surface area contributed by atoms with Crippen LogP contribution < -0.4 is 4.74 Å². The summed E-state index contributed by atoms with van der Waals surface area (Å²) < 4.78 is 5.45. The molecule has 4 rings (SSSR count). The summed E-state index contributed by atoms with van der Waals surface area (Å²) >= 11 is 0. The van der Waals surface area contributed by atoms with Crippen LogP contribution in [0.5, 0.6) is 5.75 Å². The normalized spacial score (nSPS) is 22.5. The summed E-state index contributed by atoms with van der Waals surface area (Å²) in [4.78, 5) is 11.8. The predicted octanol–water partition coefficient (Wildman–Crippen LogP) is 3.67. The van der Waals surface area contributed by atoms with E-state index in [2.05, 4.69) is 42.1 Å². The second-order valence-electron chi connectivity index (χ2n) is 7.19. The van der Waals surface area contributed by atoms with E-state index < -0.39 is 0 Å². The van der Waals surface area contributed by atoms with E-state index in [1.807, 2.05) is 6.92 Å². The lowest BCUT2D eigenvalue weighted by Crippen LogP contribution is -2.37. The maximum absolute atomic E-state index is 5.45. The summed E-state index contributed by atoms with van der Waals surface area (Å²) in [5.41, 5.74) is 6.54. The molecule has 0 spiro atoms. The van der Waals surface area contributed by atoms with Crippen molar-refractivity contribution in [2.75, 3.05) is 7.11 Å². The van der Waals surface area contributed by atoms with Crippen LogP contribution >= 0.6 is 0 Å². The van der Waals surface area contributed by atoms with E-state index in [1.54, 1.807) is 7.11 Å². The third kappa shape index (κ3) is 2.49. The molecule has 0 N–H and O–H groups in total. The number of aromatic nitrogens is 2. The van der Waals surface area contributed by atoms with Crippen LogP contribution in [0.15, 0.2) is 18.3 Å². The zero-order valence-corrected chi connectivity index (χ0v) is 15.0. The second-order valence-corrected chi connectivity index (χ2v) is 7.19. The molecule has 1 aromatic heterocycles. The van der Waals surface area contributed by atoms with E-state index in [1.165, 1.54) is 40.8 Å². The lowest BCUT2D eigenvalue weighted by atomic mass is 9.97. The van der Waals surface area contributed by atoms with Crippen LogP contribution in [0.2, 0.25) is 0 Å². The zero-order chi connectivity index (χ0) is 16.8. The van der Waals surface area contributed by atoms with E-state index in [9.17, 15) is 0 Å². The summed E-state index contributed by atoms with van der Waals surface area (Å²) in [6.07, 6.45) is 5.60. The number of rotatable bonds is 3. The van der Waals surface area contributed by atoms with Crippen molar-refractivity contribution in [3.05, 3.63) is 52.1 Å². The van der Waals surface area contributed by atoms with Crippen molar-refractivity contribution in [3.8, 4) is 5.75 Å². The van der Waals surface area contributed by atoms with E-state index >= 15 is 0 Å². The van der Waals surface area contributed by atoms with Gasteiger partial charge in [-0.3, -0.25) is 4.90 Å². The quantitative estimate of drug-likeness (QED) is 0.864. The van der Waals surface area contributed by atoms with Gasteiger partial charge in [-0.15, -0.1) is 0 Å². The van der Waals surface area contributed by atoms with Crippen LogP contribution in [0.25, 0.3) is 0 Å². The number of nitrogens with zero attached hydrogens (tertiary/aromatic N) is 3. The summed E-state index contributed by atoms with van der Waals surface area (Å²) in [5.74, 6) is 1.87. The van der Waals surface area contributed by atoms with Crippen molar-refractivity contribution in [1.82, 2.24) is 14.9 Å². The Morgan fingerprint density at radius 3 is 2.79 bits per heavy atom. The Morgan fingerprint density at radius 1 is 1.17 bits per heavy atom. The van der Waals surface area contributed by atoms with Gasteiger partial charge in [0, 0.05) is 36.8 Å². The maximum atomic E-state index is 5.45. The molecule has 1 saturated heterocycles. The molecule has 4 heteroatoms. The third-order valence-corrected chi connectivity index (χ3v) is 5.66. The average molecular weight is 323 g/mol. The summed E-state index contributed by atoms with van der Waals surface area (Å²) in [7, 11) is 1.74. The molecule has 0 radical (unpaired) electrons. The minimum atomic E-state index is 0.473. The molecule has 2 aliphatic heterocycles. The fourth-order valence-electron chi connectivity index (χ4n) is 4.36. The van der Waals surface area contributed by atoms with Crippen LogP contribution in [0.4, 0.5) is 0 Å². The van der Waals surface area contributed by atoms with Crippen LogP contribution in [-0.2, 0) is 13.0 Å². The summed E-state index contributed by atoms with van der Waals surface area (Å²) in [6, 6.07) is 5.53. The van der Waals surface area contributed by atoms with Crippen molar-refractivity contribution < 1.29 is 4.74 Å². The number of hydrogen-bond donors (Lipinski definition) is 0. The van der Waals surface area contributed by atoms with Gasteiger partial charge in [-0.1, -0.05) is 6.07 Å². The number of fused-ring (bicyclic) bond motifs is 4. The van der Waals surface area contributed by atoms with E-state index in [0.717, 1.165) is 24.5 Å². The van der Waals surface area contributed by atoms with Crippen LogP contribution in [0.3, 0.4) is 0 Å². The van der Waals surface area contributed by atoms with Gasteiger partial charge in [0.2, 0.25) is 0 Å². The molecule has 2 atom stereocenters. The zero-order valence-electron chi connectivity index (χ0n) is 15.0. The molecule has 126 valence electrons. The highest BCUT2D eigenvalue weighted by Crippen LogP contribution is 2.44.